The fourth-order valence-corrected chi connectivity index (χ4v) is 0.866. The minimum atomic E-state index is -0.473. The van der Waals surface area contributed by atoms with Crippen molar-refractivity contribution in [1.29, 1.82) is 0 Å². The van der Waals surface area contributed by atoms with E-state index in [2.05, 4.69) is 5.32 Å². The molecule has 1 amide bonds. The third-order valence-electron chi connectivity index (χ3n) is 1.43. The molecule has 1 rings (SSSR count). The summed E-state index contributed by atoms with van der Waals surface area (Å²) in [6, 6.07) is 5.27. The van der Waals surface area contributed by atoms with Crippen LogP contribution in [0, 0.1) is 5.82 Å². The lowest BCUT2D eigenvalue weighted by molar-refractivity contribution is -0.107. The number of amides is 1. The van der Waals surface area contributed by atoms with Crippen molar-refractivity contribution in [3.05, 3.63) is 35.6 Å². The Labute approximate surface area is 74.6 Å². The highest BCUT2D eigenvalue weighted by Gasteiger charge is 2.04. The van der Waals surface area contributed by atoms with Crippen LogP contribution < -0.4 is 5.32 Å². The average Bonchev–Trinajstić information content (AvgIpc) is 2.14. The number of nitrogens with one attached hydrogen (secondary N) is 1. The summed E-state index contributed by atoms with van der Waals surface area (Å²) in [5.41, 5.74) is 0.210. The van der Waals surface area contributed by atoms with E-state index in [4.69, 9.17) is 0 Å². The van der Waals surface area contributed by atoms with Gasteiger partial charge in [0.15, 0.2) is 0 Å². The van der Waals surface area contributed by atoms with Gasteiger partial charge in [-0.1, -0.05) is 6.07 Å². The van der Waals surface area contributed by atoms with Gasteiger partial charge < -0.3 is 10.1 Å². The second-order valence-electron chi connectivity index (χ2n) is 2.39. The molecule has 0 unspecified atom stereocenters. The number of carbonyl (C=O) groups excluding carboxylic acids is 2. The number of benzene rings is 1. The summed E-state index contributed by atoms with van der Waals surface area (Å²) in [4.78, 5) is 21.0. The minimum absolute atomic E-state index is 0.0602. The molecule has 0 saturated heterocycles. The molecule has 0 atom stereocenters. The summed E-state index contributed by atoms with van der Waals surface area (Å²) >= 11 is 0. The topological polar surface area (TPSA) is 46.2 Å². The summed E-state index contributed by atoms with van der Waals surface area (Å²) in [5.74, 6) is -0.926. The maximum Gasteiger partial charge on any atom is 0.251 e. The van der Waals surface area contributed by atoms with E-state index >= 15 is 0 Å². The van der Waals surface area contributed by atoms with Gasteiger partial charge in [0.1, 0.15) is 12.1 Å². The van der Waals surface area contributed by atoms with Crippen molar-refractivity contribution in [1.82, 2.24) is 5.32 Å². The first-order chi connectivity index (χ1) is 6.24. The van der Waals surface area contributed by atoms with Crippen molar-refractivity contribution in [2.75, 3.05) is 6.54 Å². The van der Waals surface area contributed by atoms with Crippen molar-refractivity contribution in [3.63, 3.8) is 0 Å². The van der Waals surface area contributed by atoms with Crippen LogP contribution in [-0.4, -0.2) is 18.7 Å². The van der Waals surface area contributed by atoms with Crippen LogP contribution in [0.5, 0.6) is 0 Å². The molecule has 0 spiro atoms. The van der Waals surface area contributed by atoms with Gasteiger partial charge in [-0.25, -0.2) is 4.39 Å². The van der Waals surface area contributed by atoms with Gasteiger partial charge in [0.05, 0.1) is 6.54 Å². The Morgan fingerprint density at radius 1 is 1.54 bits per heavy atom. The zero-order valence-corrected chi connectivity index (χ0v) is 6.79. The van der Waals surface area contributed by atoms with Crippen LogP contribution in [0.4, 0.5) is 4.39 Å². The Bertz CT molecular complexity index is 325. The van der Waals surface area contributed by atoms with Crippen LogP contribution in [0.3, 0.4) is 0 Å². The zero-order chi connectivity index (χ0) is 9.68. The van der Waals surface area contributed by atoms with Crippen LogP contribution >= 0.6 is 0 Å². The molecular formula is C9H8FNO2. The molecule has 0 bridgehead atoms. The van der Waals surface area contributed by atoms with Crippen LogP contribution in [0.25, 0.3) is 0 Å². The molecule has 3 nitrogen and oxygen atoms in total. The minimum Gasteiger partial charge on any atom is -0.345 e. The summed E-state index contributed by atoms with van der Waals surface area (Å²) in [5, 5.41) is 2.30. The highest BCUT2D eigenvalue weighted by Crippen LogP contribution is 2.02. The van der Waals surface area contributed by atoms with E-state index in [1.165, 1.54) is 18.2 Å². The summed E-state index contributed by atoms with van der Waals surface area (Å²) < 4.78 is 12.6. The molecule has 0 saturated carbocycles. The van der Waals surface area contributed by atoms with Crippen molar-refractivity contribution < 1.29 is 14.0 Å². The zero-order valence-electron chi connectivity index (χ0n) is 6.79. The first kappa shape index (κ1) is 9.38. The van der Waals surface area contributed by atoms with E-state index < -0.39 is 11.7 Å². The van der Waals surface area contributed by atoms with Crippen molar-refractivity contribution in [2.45, 2.75) is 0 Å². The standard InChI is InChI=1S/C9H8FNO2/c10-8-3-1-2-7(6-8)9(13)11-4-5-12/h1-3,5-6H,4H2,(H,11,13). The molecule has 0 aliphatic rings. The predicted molar refractivity (Wildman–Crippen MR) is 44.8 cm³/mol. The smallest absolute Gasteiger partial charge is 0.251 e. The van der Waals surface area contributed by atoms with Gasteiger partial charge in [0.2, 0.25) is 0 Å². The van der Waals surface area contributed by atoms with Gasteiger partial charge >= 0.3 is 0 Å². The fourth-order valence-electron chi connectivity index (χ4n) is 0.866. The molecule has 0 aromatic heterocycles. The van der Waals surface area contributed by atoms with Gasteiger partial charge in [-0.2, -0.15) is 0 Å². The molecular weight excluding hydrogens is 173 g/mol. The average molecular weight is 181 g/mol. The molecule has 13 heavy (non-hydrogen) atoms. The highest BCUT2D eigenvalue weighted by atomic mass is 19.1. The first-order valence-corrected chi connectivity index (χ1v) is 3.71. The SMILES string of the molecule is O=CCNC(=O)c1cccc(F)c1. The number of aldehydes is 1. The van der Waals surface area contributed by atoms with Gasteiger partial charge in [-0.3, -0.25) is 4.79 Å². The van der Waals surface area contributed by atoms with E-state index in [0.717, 1.165) is 6.07 Å². The molecule has 0 radical (unpaired) electrons. The monoisotopic (exact) mass is 181 g/mol. The van der Waals surface area contributed by atoms with Crippen molar-refractivity contribution in [2.24, 2.45) is 0 Å². The number of hydrogen-bond donors (Lipinski definition) is 1. The van der Waals surface area contributed by atoms with Gasteiger partial charge in [0.25, 0.3) is 5.91 Å². The second-order valence-corrected chi connectivity index (χ2v) is 2.39. The van der Waals surface area contributed by atoms with Gasteiger partial charge in [-0.05, 0) is 18.2 Å². The molecule has 0 fully saturated rings. The number of hydrogen-bond acceptors (Lipinski definition) is 2. The molecule has 1 aromatic rings. The Morgan fingerprint density at radius 2 is 2.31 bits per heavy atom. The molecule has 0 heterocycles. The molecule has 0 aliphatic carbocycles. The maximum absolute atomic E-state index is 12.6. The fraction of sp³-hybridized carbons (Fsp3) is 0.111. The summed E-state index contributed by atoms with van der Waals surface area (Å²) in [6.07, 6.45) is 0.567. The van der Waals surface area contributed by atoms with Crippen LogP contribution in [0.2, 0.25) is 0 Å². The van der Waals surface area contributed by atoms with Crippen molar-refractivity contribution >= 4 is 12.2 Å². The molecule has 4 heteroatoms. The van der Waals surface area contributed by atoms with E-state index in [1.54, 1.807) is 0 Å². The molecule has 68 valence electrons. The molecule has 1 aromatic carbocycles. The van der Waals surface area contributed by atoms with E-state index in [-0.39, 0.29) is 12.1 Å². The summed E-state index contributed by atoms with van der Waals surface area (Å²) in [7, 11) is 0. The third-order valence-corrected chi connectivity index (χ3v) is 1.43. The quantitative estimate of drug-likeness (QED) is 0.699. The first-order valence-electron chi connectivity index (χ1n) is 3.71. The Kier molecular flexibility index (Phi) is 3.14. The second kappa shape index (κ2) is 4.35. The van der Waals surface area contributed by atoms with E-state index in [1.807, 2.05) is 0 Å². The lowest BCUT2D eigenvalue weighted by Gasteiger charge is -2.00. The van der Waals surface area contributed by atoms with Crippen LogP contribution in [0.1, 0.15) is 10.4 Å². The lowest BCUT2D eigenvalue weighted by atomic mass is 10.2. The highest BCUT2D eigenvalue weighted by molar-refractivity contribution is 5.95. The Hall–Kier alpha value is -1.71. The maximum atomic E-state index is 12.6. The van der Waals surface area contributed by atoms with Crippen LogP contribution in [-0.2, 0) is 4.79 Å². The van der Waals surface area contributed by atoms with Gasteiger partial charge in [-0.15, -0.1) is 0 Å². The number of carbonyl (C=O) groups is 2. The molecule has 1 N–H and O–H groups in total. The third kappa shape index (κ3) is 2.66. The molecule has 0 aliphatic heterocycles. The lowest BCUT2D eigenvalue weighted by Crippen LogP contribution is -2.25. The number of rotatable bonds is 3. The Morgan fingerprint density at radius 3 is 2.92 bits per heavy atom. The van der Waals surface area contributed by atoms with Crippen LogP contribution in [0.15, 0.2) is 24.3 Å². The van der Waals surface area contributed by atoms with E-state index in [0.29, 0.717) is 6.29 Å². The van der Waals surface area contributed by atoms with Gasteiger partial charge in [0, 0.05) is 5.56 Å². The largest absolute Gasteiger partial charge is 0.345 e. The number of halogens is 1. The normalized spacial score (nSPS) is 9.31. The summed E-state index contributed by atoms with van der Waals surface area (Å²) in [6.45, 7) is -0.0602. The van der Waals surface area contributed by atoms with E-state index in [9.17, 15) is 14.0 Å². The van der Waals surface area contributed by atoms with Crippen molar-refractivity contribution in [3.8, 4) is 0 Å². The Balaban J connectivity index is 2.71. The predicted octanol–water partition coefficient (Wildman–Crippen LogP) is 0.754.